The lowest BCUT2D eigenvalue weighted by Crippen LogP contribution is -2.67. The molecule has 204 valence electrons. The maximum Gasteiger partial charge on any atom is 0.248 e. The van der Waals surface area contributed by atoms with Crippen LogP contribution < -0.4 is 10.6 Å². The highest BCUT2D eigenvalue weighted by Crippen LogP contribution is 2.37. The second-order valence-corrected chi connectivity index (χ2v) is 11.6. The van der Waals surface area contributed by atoms with Crippen LogP contribution in [0.5, 0.6) is 0 Å². The number of nitrogens with zero attached hydrogens (tertiary/aromatic N) is 2. The molecule has 0 spiro atoms. The summed E-state index contributed by atoms with van der Waals surface area (Å²) < 4.78 is 12.1. The van der Waals surface area contributed by atoms with Crippen LogP contribution in [0.1, 0.15) is 82.1 Å². The van der Waals surface area contributed by atoms with Crippen molar-refractivity contribution in [2.45, 2.75) is 130 Å². The number of carbonyl (C=O) groups excluding carboxylic acids is 4. The molecular weight excluding hydrogens is 464 g/mol. The van der Waals surface area contributed by atoms with Gasteiger partial charge in [-0.1, -0.05) is 40.5 Å². The zero-order chi connectivity index (χ0) is 27.3. The molecule has 4 amide bonds. The van der Waals surface area contributed by atoms with Crippen molar-refractivity contribution in [2.75, 3.05) is 0 Å². The summed E-state index contributed by atoms with van der Waals surface area (Å²) in [5.41, 5.74) is -2.15. The van der Waals surface area contributed by atoms with Gasteiger partial charge in [0.25, 0.3) is 0 Å². The molecule has 0 radical (unpaired) electrons. The fraction of sp³-hybridized carbons (Fsp3) is 0.846. The van der Waals surface area contributed by atoms with Crippen molar-refractivity contribution in [2.24, 2.45) is 11.8 Å². The zero-order valence-electron chi connectivity index (χ0n) is 23.4. The molecule has 36 heavy (non-hydrogen) atoms. The largest absolute Gasteiger partial charge is 0.350 e. The van der Waals surface area contributed by atoms with E-state index in [0.29, 0.717) is 12.8 Å². The minimum absolute atomic E-state index is 0.220. The van der Waals surface area contributed by atoms with Crippen LogP contribution in [0.25, 0.3) is 0 Å². The van der Waals surface area contributed by atoms with E-state index in [9.17, 15) is 19.2 Å². The topological polar surface area (TPSA) is 117 Å². The summed E-state index contributed by atoms with van der Waals surface area (Å²) in [6, 6.07) is -3.70. The number of amides is 4. The molecule has 0 aliphatic carbocycles. The number of fused-ring (bicyclic) bond motifs is 2. The maximum atomic E-state index is 14.1. The van der Waals surface area contributed by atoms with Gasteiger partial charge in [0.2, 0.25) is 23.6 Å². The van der Waals surface area contributed by atoms with Crippen molar-refractivity contribution in [1.82, 2.24) is 20.4 Å². The van der Waals surface area contributed by atoms with Crippen LogP contribution >= 0.6 is 0 Å². The SMILES string of the molecule is CC[C@H](C)[C@@H]1NC(=O)[C@@H]2C(C)OC(C)(C)N2C(=O)[C@H]([C@@H](C)CC)NC(=O)[C@@H]2C(C)OC(C)(C)N2C1=O. The zero-order valence-corrected chi connectivity index (χ0v) is 23.4. The van der Waals surface area contributed by atoms with Crippen molar-refractivity contribution in [3.63, 3.8) is 0 Å². The quantitative estimate of drug-likeness (QED) is 0.598. The Morgan fingerprint density at radius 2 is 1.03 bits per heavy atom. The van der Waals surface area contributed by atoms with Gasteiger partial charge < -0.3 is 20.1 Å². The normalized spacial score (nSPS) is 36.3. The molecule has 3 saturated heterocycles. The highest BCUT2D eigenvalue weighted by atomic mass is 16.5. The van der Waals surface area contributed by atoms with Crippen LogP contribution in [0.2, 0.25) is 0 Å². The Hall–Kier alpha value is -2.20. The van der Waals surface area contributed by atoms with E-state index in [0.717, 1.165) is 0 Å². The van der Waals surface area contributed by atoms with Gasteiger partial charge >= 0.3 is 0 Å². The molecular formula is C26H44N4O6. The fourth-order valence-electron chi connectivity index (χ4n) is 5.85. The Bertz CT molecular complexity index is 833. The van der Waals surface area contributed by atoms with E-state index in [1.54, 1.807) is 41.5 Å². The Morgan fingerprint density at radius 1 is 0.722 bits per heavy atom. The minimum Gasteiger partial charge on any atom is -0.350 e. The molecule has 3 aliphatic heterocycles. The van der Waals surface area contributed by atoms with Gasteiger partial charge in [0.1, 0.15) is 35.6 Å². The summed E-state index contributed by atoms with van der Waals surface area (Å²) >= 11 is 0. The van der Waals surface area contributed by atoms with Gasteiger partial charge in [-0.25, -0.2) is 0 Å². The van der Waals surface area contributed by atoms with Crippen LogP contribution in [0.3, 0.4) is 0 Å². The lowest BCUT2D eigenvalue weighted by Gasteiger charge is -2.41. The second kappa shape index (κ2) is 9.93. The van der Waals surface area contributed by atoms with Crippen molar-refractivity contribution in [1.29, 1.82) is 0 Å². The molecule has 3 rings (SSSR count). The lowest BCUT2D eigenvalue weighted by molar-refractivity contribution is -0.159. The third-order valence-electron chi connectivity index (χ3n) is 8.12. The highest BCUT2D eigenvalue weighted by molar-refractivity contribution is 5.99. The first-order chi connectivity index (χ1) is 16.6. The molecule has 10 nitrogen and oxygen atoms in total. The minimum atomic E-state index is -1.08. The summed E-state index contributed by atoms with van der Waals surface area (Å²) in [5.74, 6) is -2.09. The average Bonchev–Trinajstić information content (AvgIpc) is 3.18. The average molecular weight is 509 g/mol. The van der Waals surface area contributed by atoms with Gasteiger partial charge in [-0.2, -0.15) is 0 Å². The fourth-order valence-corrected chi connectivity index (χ4v) is 5.85. The number of rotatable bonds is 4. The summed E-state index contributed by atoms with van der Waals surface area (Å²) in [7, 11) is 0. The molecule has 3 aliphatic rings. The lowest BCUT2D eigenvalue weighted by atomic mass is 9.93. The summed E-state index contributed by atoms with van der Waals surface area (Å²) in [4.78, 5) is 58.6. The van der Waals surface area contributed by atoms with Crippen molar-refractivity contribution >= 4 is 23.6 Å². The van der Waals surface area contributed by atoms with Crippen LogP contribution in [0, 0.1) is 11.8 Å². The van der Waals surface area contributed by atoms with Crippen LogP contribution in [-0.4, -0.2) is 81.3 Å². The van der Waals surface area contributed by atoms with Gasteiger partial charge in [-0.05, 0) is 53.4 Å². The standard InChI is InChI=1S/C26H44N4O6/c1-11-13(3)17-23(33)29-20(16(6)35-25(29,7)8)22(32)28-18(14(4)12-2)24(34)30-19(21(31)27-17)15(5)36-26(30,9)10/h13-20H,11-12H2,1-10H3,(H,27,31)(H,28,32)/t13-,14-,15?,16?,17-,18-,19-,20-/m0/s1. The van der Waals surface area contributed by atoms with E-state index in [1.807, 2.05) is 27.7 Å². The van der Waals surface area contributed by atoms with Crippen LogP contribution in [0.15, 0.2) is 0 Å². The third-order valence-corrected chi connectivity index (χ3v) is 8.12. The predicted molar refractivity (Wildman–Crippen MR) is 133 cm³/mol. The number of nitrogens with one attached hydrogen (secondary N) is 2. The molecule has 0 aromatic heterocycles. The van der Waals surface area contributed by atoms with E-state index in [1.165, 1.54) is 9.80 Å². The predicted octanol–water partition coefficient (Wildman–Crippen LogP) is 1.77. The van der Waals surface area contributed by atoms with Gasteiger partial charge in [0.05, 0.1) is 12.2 Å². The van der Waals surface area contributed by atoms with Crippen LogP contribution in [-0.2, 0) is 28.7 Å². The molecule has 0 aromatic rings. The first-order valence-electron chi connectivity index (χ1n) is 13.2. The van der Waals surface area contributed by atoms with Crippen molar-refractivity contribution in [3.05, 3.63) is 0 Å². The number of hydrogen-bond acceptors (Lipinski definition) is 6. The summed E-state index contributed by atoms with van der Waals surface area (Å²) in [5, 5.41) is 5.88. The first-order valence-corrected chi connectivity index (χ1v) is 13.2. The molecule has 3 heterocycles. The van der Waals surface area contributed by atoms with Gasteiger partial charge in [0.15, 0.2) is 0 Å². The Balaban J connectivity index is 2.20. The van der Waals surface area contributed by atoms with E-state index in [2.05, 4.69) is 10.6 Å². The molecule has 10 heteroatoms. The number of ether oxygens (including phenoxy) is 2. The Labute approximate surface area is 214 Å². The maximum absolute atomic E-state index is 14.1. The van der Waals surface area contributed by atoms with Gasteiger partial charge in [-0.15, -0.1) is 0 Å². The number of hydrogen-bond donors (Lipinski definition) is 2. The van der Waals surface area contributed by atoms with E-state index < -0.39 is 59.6 Å². The Morgan fingerprint density at radius 3 is 1.31 bits per heavy atom. The summed E-state index contributed by atoms with van der Waals surface area (Å²) in [6.45, 7) is 18.1. The second-order valence-electron chi connectivity index (χ2n) is 11.6. The molecule has 0 aromatic carbocycles. The van der Waals surface area contributed by atoms with Gasteiger partial charge in [0, 0.05) is 0 Å². The highest BCUT2D eigenvalue weighted by Gasteiger charge is 2.57. The molecule has 2 N–H and O–H groups in total. The molecule has 2 unspecified atom stereocenters. The first kappa shape index (κ1) is 28.4. The van der Waals surface area contributed by atoms with Gasteiger partial charge in [-0.3, -0.25) is 29.0 Å². The molecule has 0 saturated carbocycles. The van der Waals surface area contributed by atoms with Crippen LogP contribution in [0.4, 0.5) is 0 Å². The molecule has 3 fully saturated rings. The van der Waals surface area contributed by atoms with E-state index in [-0.39, 0.29) is 23.7 Å². The van der Waals surface area contributed by atoms with E-state index in [4.69, 9.17) is 9.47 Å². The third kappa shape index (κ3) is 4.74. The smallest absolute Gasteiger partial charge is 0.248 e. The Kier molecular flexibility index (Phi) is 7.82. The molecule has 0 bridgehead atoms. The van der Waals surface area contributed by atoms with Crippen molar-refractivity contribution < 1.29 is 28.7 Å². The summed E-state index contributed by atoms with van der Waals surface area (Å²) in [6.07, 6.45) is 0.0395. The van der Waals surface area contributed by atoms with Crippen molar-refractivity contribution in [3.8, 4) is 0 Å². The monoisotopic (exact) mass is 508 g/mol. The number of carbonyl (C=O) groups is 4. The van der Waals surface area contributed by atoms with E-state index >= 15 is 0 Å². The molecule has 8 atom stereocenters.